The Morgan fingerprint density at radius 1 is 1.38 bits per heavy atom. The fraction of sp³-hybridized carbons (Fsp3) is 0.562. The second-order valence-electron chi connectivity index (χ2n) is 5.79. The van der Waals surface area contributed by atoms with Gasteiger partial charge in [-0.15, -0.1) is 0 Å². The van der Waals surface area contributed by atoms with E-state index in [9.17, 15) is 4.79 Å². The zero-order chi connectivity index (χ0) is 15.0. The van der Waals surface area contributed by atoms with Crippen LogP contribution in [0.2, 0.25) is 5.02 Å². The Bertz CT molecular complexity index is 545. The number of hydrogen-bond acceptors (Lipinski definition) is 3. The number of benzene rings is 1. The summed E-state index contributed by atoms with van der Waals surface area (Å²) in [6, 6.07) is 5.72. The first-order chi connectivity index (χ1) is 10.1. The minimum Gasteiger partial charge on any atom is -0.494 e. The van der Waals surface area contributed by atoms with Crippen molar-refractivity contribution in [2.24, 2.45) is 5.73 Å². The molecule has 3 rings (SSSR count). The lowest BCUT2D eigenvalue weighted by Crippen LogP contribution is -2.49. The number of amides is 1. The maximum Gasteiger partial charge on any atom is 0.223 e. The Balaban J connectivity index is 2.02. The van der Waals surface area contributed by atoms with Gasteiger partial charge in [-0.3, -0.25) is 4.79 Å². The third-order valence-electron chi connectivity index (χ3n) is 4.22. The normalized spacial score (nSPS) is 26.0. The van der Waals surface area contributed by atoms with Gasteiger partial charge in [0.25, 0.3) is 0 Å². The zero-order valence-corrected chi connectivity index (χ0v) is 13.0. The fourth-order valence-corrected chi connectivity index (χ4v) is 3.32. The molecule has 1 aliphatic carbocycles. The number of piperidine rings is 1. The zero-order valence-electron chi connectivity index (χ0n) is 12.2. The van der Waals surface area contributed by atoms with E-state index in [2.05, 4.69) is 0 Å². The van der Waals surface area contributed by atoms with Crippen molar-refractivity contribution in [3.8, 4) is 5.75 Å². The number of halogens is 1. The molecular formula is C16H21ClN2O2. The molecule has 1 heterocycles. The van der Waals surface area contributed by atoms with Crippen molar-refractivity contribution >= 4 is 17.5 Å². The summed E-state index contributed by atoms with van der Waals surface area (Å²) >= 11 is 6.16. The molecule has 4 nitrogen and oxygen atoms in total. The summed E-state index contributed by atoms with van der Waals surface area (Å²) in [5.74, 6) is 0.981. The number of carbonyl (C=O) groups is 1. The van der Waals surface area contributed by atoms with E-state index in [1.54, 1.807) is 0 Å². The van der Waals surface area contributed by atoms with Crippen LogP contribution in [-0.2, 0) is 4.79 Å². The molecule has 2 fully saturated rings. The molecular weight excluding hydrogens is 288 g/mol. The average Bonchev–Trinajstić information content (AvgIpc) is 3.28. The van der Waals surface area contributed by atoms with Crippen molar-refractivity contribution in [3.05, 3.63) is 28.8 Å². The van der Waals surface area contributed by atoms with Gasteiger partial charge in [0.15, 0.2) is 0 Å². The topological polar surface area (TPSA) is 55.6 Å². The Kier molecular flexibility index (Phi) is 4.09. The predicted octanol–water partition coefficient (Wildman–Crippen LogP) is 2.89. The van der Waals surface area contributed by atoms with Crippen LogP contribution in [0.15, 0.2) is 18.2 Å². The van der Waals surface area contributed by atoms with Crippen molar-refractivity contribution in [1.82, 2.24) is 4.90 Å². The highest BCUT2D eigenvalue weighted by atomic mass is 35.5. The molecule has 0 radical (unpaired) electrons. The third-order valence-corrected chi connectivity index (χ3v) is 4.45. The third kappa shape index (κ3) is 2.87. The minimum absolute atomic E-state index is 0.0685. The summed E-state index contributed by atoms with van der Waals surface area (Å²) in [6.07, 6.45) is 3.39. The summed E-state index contributed by atoms with van der Waals surface area (Å²) in [6.45, 7) is 2.52. The van der Waals surface area contributed by atoms with Crippen molar-refractivity contribution in [1.29, 1.82) is 0 Å². The van der Waals surface area contributed by atoms with Crippen LogP contribution < -0.4 is 10.5 Å². The molecule has 2 N–H and O–H groups in total. The summed E-state index contributed by atoms with van der Waals surface area (Å²) in [4.78, 5) is 14.3. The number of rotatable bonds is 4. The number of nitrogens with two attached hydrogens (primary N) is 1. The molecule has 1 aliphatic heterocycles. The minimum atomic E-state index is -0.126. The molecule has 2 aliphatic rings. The smallest absolute Gasteiger partial charge is 0.223 e. The molecule has 1 saturated heterocycles. The number of ether oxygens (including phenoxy) is 1. The highest BCUT2D eigenvalue weighted by Gasteiger charge is 2.44. The van der Waals surface area contributed by atoms with Crippen LogP contribution >= 0.6 is 11.6 Å². The summed E-state index contributed by atoms with van der Waals surface area (Å²) in [5.41, 5.74) is 7.29. The molecule has 2 atom stereocenters. The van der Waals surface area contributed by atoms with Gasteiger partial charge >= 0.3 is 0 Å². The van der Waals surface area contributed by atoms with Gasteiger partial charge < -0.3 is 15.4 Å². The van der Waals surface area contributed by atoms with E-state index in [-0.39, 0.29) is 18.0 Å². The maximum atomic E-state index is 12.4. The van der Waals surface area contributed by atoms with E-state index in [4.69, 9.17) is 22.1 Å². The number of nitrogens with zero attached hydrogens (tertiary/aromatic N) is 1. The van der Waals surface area contributed by atoms with Crippen LogP contribution in [-0.4, -0.2) is 29.5 Å². The van der Waals surface area contributed by atoms with Gasteiger partial charge in [-0.1, -0.05) is 11.6 Å². The van der Waals surface area contributed by atoms with Crippen LogP contribution in [0.1, 0.15) is 44.2 Å². The molecule has 0 bridgehead atoms. The van der Waals surface area contributed by atoms with Gasteiger partial charge in [-0.05, 0) is 44.4 Å². The second kappa shape index (κ2) is 5.85. The van der Waals surface area contributed by atoms with E-state index in [1.165, 1.54) is 0 Å². The predicted molar refractivity (Wildman–Crippen MR) is 82.4 cm³/mol. The number of likely N-dealkylation sites (tertiary alicyclic amines) is 1. The molecule has 5 heteroatoms. The quantitative estimate of drug-likeness (QED) is 0.930. The molecule has 1 amide bonds. The Morgan fingerprint density at radius 2 is 2.14 bits per heavy atom. The Labute approximate surface area is 130 Å². The summed E-state index contributed by atoms with van der Waals surface area (Å²) in [7, 11) is 0. The van der Waals surface area contributed by atoms with Gasteiger partial charge in [0.05, 0.1) is 12.6 Å². The van der Waals surface area contributed by atoms with Gasteiger partial charge in [0, 0.05) is 29.1 Å². The van der Waals surface area contributed by atoms with Gasteiger partial charge in [0.1, 0.15) is 5.75 Å². The lowest BCUT2D eigenvalue weighted by molar-refractivity contribution is -0.138. The largest absolute Gasteiger partial charge is 0.494 e. The standard InChI is InChI=1S/C16H21ClN2O2/c1-2-21-14-7-3-10(17)9-12(14)16-13(18)6-8-15(20)19(16)11-4-5-11/h3,7,9,11,13,16H,2,4-6,8,18H2,1H3. The van der Waals surface area contributed by atoms with E-state index in [1.807, 2.05) is 30.0 Å². The van der Waals surface area contributed by atoms with Crippen molar-refractivity contribution < 1.29 is 9.53 Å². The highest BCUT2D eigenvalue weighted by Crippen LogP contribution is 2.43. The molecule has 1 aromatic carbocycles. The second-order valence-corrected chi connectivity index (χ2v) is 6.23. The maximum absolute atomic E-state index is 12.4. The Hall–Kier alpha value is -1.26. The first-order valence-corrected chi connectivity index (χ1v) is 7.98. The van der Waals surface area contributed by atoms with E-state index in [0.29, 0.717) is 30.5 Å². The van der Waals surface area contributed by atoms with Crippen molar-refractivity contribution in [3.63, 3.8) is 0 Å². The van der Waals surface area contributed by atoms with Crippen LogP contribution in [0, 0.1) is 0 Å². The number of carbonyl (C=O) groups excluding carboxylic acids is 1. The average molecular weight is 309 g/mol. The van der Waals surface area contributed by atoms with Crippen LogP contribution in [0.25, 0.3) is 0 Å². The molecule has 21 heavy (non-hydrogen) atoms. The van der Waals surface area contributed by atoms with Gasteiger partial charge in [-0.2, -0.15) is 0 Å². The van der Waals surface area contributed by atoms with Crippen LogP contribution in [0.4, 0.5) is 0 Å². The molecule has 114 valence electrons. The highest BCUT2D eigenvalue weighted by molar-refractivity contribution is 6.30. The lowest BCUT2D eigenvalue weighted by atomic mass is 9.89. The van der Waals surface area contributed by atoms with Crippen molar-refractivity contribution in [2.75, 3.05) is 6.61 Å². The lowest BCUT2D eigenvalue weighted by Gasteiger charge is -2.40. The van der Waals surface area contributed by atoms with Crippen LogP contribution in [0.5, 0.6) is 5.75 Å². The molecule has 2 unspecified atom stereocenters. The molecule has 0 spiro atoms. The van der Waals surface area contributed by atoms with E-state index in [0.717, 1.165) is 24.2 Å². The van der Waals surface area contributed by atoms with E-state index < -0.39 is 0 Å². The summed E-state index contributed by atoms with van der Waals surface area (Å²) < 4.78 is 5.73. The first-order valence-electron chi connectivity index (χ1n) is 7.60. The molecule has 1 saturated carbocycles. The first kappa shape index (κ1) is 14.7. The van der Waals surface area contributed by atoms with Crippen LogP contribution in [0.3, 0.4) is 0 Å². The molecule has 1 aromatic rings. The molecule has 0 aromatic heterocycles. The summed E-state index contributed by atoms with van der Waals surface area (Å²) in [5, 5.41) is 0.648. The monoisotopic (exact) mass is 308 g/mol. The van der Waals surface area contributed by atoms with Gasteiger partial charge in [-0.25, -0.2) is 0 Å². The number of hydrogen-bond donors (Lipinski definition) is 1. The Morgan fingerprint density at radius 3 is 2.81 bits per heavy atom. The van der Waals surface area contributed by atoms with Crippen molar-refractivity contribution in [2.45, 2.75) is 50.7 Å². The van der Waals surface area contributed by atoms with E-state index >= 15 is 0 Å². The SMILES string of the molecule is CCOc1ccc(Cl)cc1C1C(N)CCC(=O)N1C1CC1. The fourth-order valence-electron chi connectivity index (χ4n) is 3.14. The van der Waals surface area contributed by atoms with Gasteiger partial charge in [0.2, 0.25) is 5.91 Å².